The molecule has 0 unspecified atom stereocenters. The van der Waals surface area contributed by atoms with Crippen molar-refractivity contribution in [3.8, 4) is 0 Å². The van der Waals surface area contributed by atoms with Gasteiger partial charge in [0.1, 0.15) is 0 Å². The number of hydrogen-bond acceptors (Lipinski definition) is 3. The first-order valence-corrected chi connectivity index (χ1v) is 6.87. The van der Waals surface area contributed by atoms with E-state index in [2.05, 4.69) is 21.0 Å². The maximum absolute atomic E-state index is 11.8. The van der Waals surface area contributed by atoms with Crippen LogP contribution in [0.5, 0.6) is 0 Å². The molecule has 17 heavy (non-hydrogen) atoms. The number of aromatic nitrogens is 3. The smallest absolute Gasteiger partial charge is 0.297 e. The van der Waals surface area contributed by atoms with Crippen LogP contribution >= 0.6 is 27.3 Å². The summed E-state index contributed by atoms with van der Waals surface area (Å²) in [6, 6.07) is 0. The Morgan fingerprint density at radius 1 is 1.35 bits per heavy atom. The Hall–Kier alpha value is -0.880. The Labute approximate surface area is 112 Å². The van der Waals surface area contributed by atoms with E-state index in [0.717, 1.165) is 26.4 Å². The number of aryl methyl sites for hydroxylation is 3. The van der Waals surface area contributed by atoms with Crippen LogP contribution in [0, 0.1) is 20.8 Å². The van der Waals surface area contributed by atoms with Crippen LogP contribution in [0.1, 0.15) is 22.0 Å². The second kappa shape index (κ2) is 4.42. The zero-order valence-electron chi connectivity index (χ0n) is 10.2. The molecule has 0 N–H and O–H groups in total. The number of nitrogens with zero attached hydrogens (tertiary/aromatic N) is 3. The van der Waals surface area contributed by atoms with Crippen molar-refractivity contribution >= 4 is 27.3 Å². The molecule has 0 aliphatic heterocycles. The molecule has 0 saturated carbocycles. The molecule has 0 atom stereocenters. The van der Waals surface area contributed by atoms with Crippen LogP contribution in [0.4, 0.5) is 0 Å². The largest absolute Gasteiger partial charge is 0.307 e. The maximum atomic E-state index is 11.8. The van der Waals surface area contributed by atoms with E-state index >= 15 is 0 Å². The lowest BCUT2D eigenvalue weighted by Gasteiger charge is -2.06. The summed E-state index contributed by atoms with van der Waals surface area (Å²) in [5, 5.41) is 4.33. The van der Waals surface area contributed by atoms with E-state index in [0.29, 0.717) is 6.54 Å². The zero-order chi connectivity index (χ0) is 12.7. The van der Waals surface area contributed by atoms with Crippen LogP contribution in [-0.4, -0.2) is 14.3 Å². The number of thiazole rings is 1. The molecule has 0 bridgehead atoms. The van der Waals surface area contributed by atoms with Crippen LogP contribution < -0.4 is 4.87 Å². The van der Waals surface area contributed by atoms with E-state index in [9.17, 15) is 4.79 Å². The van der Waals surface area contributed by atoms with Crippen molar-refractivity contribution in [3.05, 3.63) is 36.1 Å². The standard InChI is InChI=1S/C11H14BrN3OS/c1-6-10(12)9(14(4)13-6)5-15-7(2)8(3)17-11(15)16/h5H2,1-4H3. The molecule has 2 aromatic rings. The zero-order valence-corrected chi connectivity index (χ0v) is 12.6. The molecule has 6 heteroatoms. The number of hydrogen-bond donors (Lipinski definition) is 0. The van der Waals surface area contributed by atoms with Gasteiger partial charge >= 0.3 is 4.87 Å². The Morgan fingerprint density at radius 2 is 2.00 bits per heavy atom. The van der Waals surface area contributed by atoms with Gasteiger partial charge in [0.15, 0.2) is 0 Å². The predicted octanol–water partition coefficient (Wildman–Crippen LogP) is 2.38. The molecule has 2 heterocycles. The van der Waals surface area contributed by atoms with Crippen molar-refractivity contribution in [2.45, 2.75) is 27.3 Å². The van der Waals surface area contributed by atoms with E-state index in [1.54, 1.807) is 4.57 Å². The minimum Gasteiger partial charge on any atom is -0.297 e. The second-order valence-corrected chi connectivity index (χ2v) is 6.02. The Balaban J connectivity index is 2.48. The van der Waals surface area contributed by atoms with Gasteiger partial charge in [0.25, 0.3) is 0 Å². The van der Waals surface area contributed by atoms with E-state index in [-0.39, 0.29) is 4.87 Å². The molecular weight excluding hydrogens is 302 g/mol. The fourth-order valence-corrected chi connectivity index (χ4v) is 3.06. The fraction of sp³-hybridized carbons (Fsp3) is 0.455. The van der Waals surface area contributed by atoms with Crippen LogP contribution in [0.15, 0.2) is 9.27 Å². The summed E-state index contributed by atoms with van der Waals surface area (Å²) in [6.45, 7) is 6.46. The molecule has 2 rings (SSSR count). The molecule has 92 valence electrons. The van der Waals surface area contributed by atoms with Crippen molar-refractivity contribution in [3.63, 3.8) is 0 Å². The van der Waals surface area contributed by atoms with Crippen LogP contribution in [-0.2, 0) is 13.6 Å². The molecule has 0 radical (unpaired) electrons. The highest BCUT2D eigenvalue weighted by Crippen LogP contribution is 2.22. The minimum atomic E-state index is 0.0887. The number of halogens is 1. The molecule has 0 aromatic carbocycles. The van der Waals surface area contributed by atoms with Crippen LogP contribution in [0.2, 0.25) is 0 Å². The average molecular weight is 316 g/mol. The monoisotopic (exact) mass is 315 g/mol. The third kappa shape index (κ3) is 2.11. The van der Waals surface area contributed by atoms with E-state index in [1.165, 1.54) is 11.3 Å². The lowest BCUT2D eigenvalue weighted by atomic mass is 10.3. The number of rotatable bonds is 2. The van der Waals surface area contributed by atoms with Gasteiger partial charge in [-0.3, -0.25) is 14.0 Å². The summed E-state index contributed by atoms with van der Waals surface area (Å²) in [5.74, 6) is 0. The van der Waals surface area contributed by atoms with Crippen molar-refractivity contribution in [1.82, 2.24) is 14.3 Å². The Bertz CT molecular complexity index is 623. The molecular formula is C11H14BrN3OS. The van der Waals surface area contributed by atoms with Crippen LogP contribution in [0.3, 0.4) is 0 Å². The van der Waals surface area contributed by atoms with E-state index in [4.69, 9.17) is 0 Å². The summed E-state index contributed by atoms with van der Waals surface area (Å²) >= 11 is 4.82. The second-order valence-electron chi connectivity index (χ2n) is 4.07. The minimum absolute atomic E-state index is 0.0887. The average Bonchev–Trinajstić information content (AvgIpc) is 2.62. The SMILES string of the molecule is Cc1nn(C)c(Cn2c(C)c(C)sc2=O)c1Br. The van der Waals surface area contributed by atoms with Gasteiger partial charge in [0.2, 0.25) is 0 Å². The molecule has 4 nitrogen and oxygen atoms in total. The van der Waals surface area contributed by atoms with Gasteiger partial charge in [-0.25, -0.2) is 0 Å². The summed E-state index contributed by atoms with van der Waals surface area (Å²) in [6.07, 6.45) is 0. The molecule has 0 fully saturated rings. The molecule has 0 aliphatic carbocycles. The molecule has 2 aromatic heterocycles. The first-order valence-electron chi connectivity index (χ1n) is 5.26. The first-order chi connectivity index (χ1) is 7.91. The molecule has 0 spiro atoms. The molecule has 0 saturated heterocycles. The maximum Gasteiger partial charge on any atom is 0.307 e. The van der Waals surface area contributed by atoms with Gasteiger partial charge in [-0.2, -0.15) is 5.10 Å². The predicted molar refractivity (Wildman–Crippen MR) is 72.8 cm³/mol. The summed E-state index contributed by atoms with van der Waals surface area (Å²) in [7, 11) is 1.90. The van der Waals surface area contributed by atoms with Crippen molar-refractivity contribution < 1.29 is 0 Å². The highest BCUT2D eigenvalue weighted by molar-refractivity contribution is 9.10. The van der Waals surface area contributed by atoms with Gasteiger partial charge < -0.3 is 0 Å². The summed E-state index contributed by atoms with van der Waals surface area (Å²) in [5.41, 5.74) is 3.00. The van der Waals surface area contributed by atoms with Crippen molar-refractivity contribution in [2.75, 3.05) is 0 Å². The highest BCUT2D eigenvalue weighted by atomic mass is 79.9. The fourth-order valence-electron chi connectivity index (χ4n) is 1.77. The third-order valence-corrected chi connectivity index (χ3v) is 4.97. The molecule has 0 aliphatic rings. The molecule has 0 amide bonds. The van der Waals surface area contributed by atoms with Gasteiger partial charge in [0, 0.05) is 17.6 Å². The normalized spacial score (nSPS) is 11.1. The first kappa shape index (κ1) is 12.6. The van der Waals surface area contributed by atoms with Crippen molar-refractivity contribution in [1.29, 1.82) is 0 Å². The topological polar surface area (TPSA) is 39.8 Å². The van der Waals surface area contributed by atoms with Gasteiger partial charge in [-0.1, -0.05) is 11.3 Å². The van der Waals surface area contributed by atoms with Gasteiger partial charge in [-0.15, -0.1) is 0 Å². The lowest BCUT2D eigenvalue weighted by molar-refractivity contribution is 0.647. The van der Waals surface area contributed by atoms with Crippen LogP contribution in [0.25, 0.3) is 0 Å². The lowest BCUT2D eigenvalue weighted by Crippen LogP contribution is -2.17. The quantitative estimate of drug-likeness (QED) is 0.853. The van der Waals surface area contributed by atoms with E-state index in [1.807, 2.05) is 32.5 Å². The van der Waals surface area contributed by atoms with Gasteiger partial charge in [0.05, 0.1) is 22.4 Å². The van der Waals surface area contributed by atoms with Crippen molar-refractivity contribution in [2.24, 2.45) is 7.05 Å². The summed E-state index contributed by atoms with van der Waals surface area (Å²) in [4.78, 5) is 13.0. The van der Waals surface area contributed by atoms with Gasteiger partial charge in [-0.05, 0) is 36.7 Å². The Kier molecular flexibility index (Phi) is 3.27. The highest BCUT2D eigenvalue weighted by Gasteiger charge is 2.14. The van der Waals surface area contributed by atoms with E-state index < -0.39 is 0 Å². The Morgan fingerprint density at radius 3 is 2.41 bits per heavy atom. The summed E-state index contributed by atoms with van der Waals surface area (Å²) < 4.78 is 4.59. The third-order valence-electron chi connectivity index (χ3n) is 2.94.